The number of hydrogen-bond acceptors (Lipinski definition) is 5. The number of aryl methyl sites for hydroxylation is 1. The van der Waals surface area contributed by atoms with Crippen molar-refractivity contribution in [2.75, 3.05) is 11.9 Å². The third kappa shape index (κ3) is 4.63. The third-order valence-electron chi connectivity index (χ3n) is 6.59. The summed E-state index contributed by atoms with van der Waals surface area (Å²) in [7, 11) is 0. The summed E-state index contributed by atoms with van der Waals surface area (Å²) in [4.78, 5) is 44.2. The van der Waals surface area contributed by atoms with Gasteiger partial charge in [0.2, 0.25) is 5.91 Å². The molecule has 5 rings (SSSR count). The Morgan fingerprint density at radius 1 is 1.06 bits per heavy atom. The molecule has 1 atom stereocenters. The zero-order chi connectivity index (χ0) is 25.2. The maximum absolute atomic E-state index is 13.0. The zero-order valence-corrected chi connectivity index (χ0v) is 20.0. The monoisotopic (exact) mass is 481 g/mol. The van der Waals surface area contributed by atoms with E-state index in [1.54, 1.807) is 41.8 Å². The average molecular weight is 482 g/mol. The highest BCUT2D eigenvalue weighted by Crippen LogP contribution is 2.22. The molecule has 0 saturated carbocycles. The number of anilines is 1. The van der Waals surface area contributed by atoms with Crippen LogP contribution in [0, 0.1) is 6.92 Å². The van der Waals surface area contributed by atoms with Gasteiger partial charge in [0, 0.05) is 17.8 Å². The van der Waals surface area contributed by atoms with Crippen molar-refractivity contribution >= 4 is 28.4 Å². The van der Waals surface area contributed by atoms with Gasteiger partial charge in [0.25, 0.3) is 11.5 Å². The Morgan fingerprint density at radius 2 is 1.83 bits per heavy atom. The van der Waals surface area contributed by atoms with Gasteiger partial charge >= 0.3 is 0 Å². The van der Waals surface area contributed by atoms with Gasteiger partial charge in [-0.05, 0) is 80.4 Å². The summed E-state index contributed by atoms with van der Waals surface area (Å²) >= 11 is 0. The molecule has 0 spiro atoms. The minimum absolute atomic E-state index is 0.149. The van der Waals surface area contributed by atoms with Crippen LogP contribution in [-0.4, -0.2) is 38.9 Å². The summed E-state index contributed by atoms with van der Waals surface area (Å²) in [5, 5.41) is 3.48. The summed E-state index contributed by atoms with van der Waals surface area (Å²) in [6.45, 7) is 3.21. The first kappa shape index (κ1) is 23.4. The van der Waals surface area contributed by atoms with Gasteiger partial charge in [-0.2, -0.15) is 0 Å². The maximum atomic E-state index is 13.0. The zero-order valence-electron chi connectivity index (χ0n) is 20.0. The number of amides is 2. The summed E-state index contributed by atoms with van der Waals surface area (Å²) in [6, 6.07) is 21.5. The first-order valence-corrected chi connectivity index (χ1v) is 11.9. The molecule has 1 aliphatic heterocycles. The second-order valence-corrected chi connectivity index (χ2v) is 9.05. The Kier molecular flexibility index (Phi) is 6.35. The predicted octanol–water partition coefficient (Wildman–Crippen LogP) is 3.40. The number of primary amides is 1. The van der Waals surface area contributed by atoms with E-state index in [2.05, 4.69) is 15.2 Å². The third-order valence-corrected chi connectivity index (χ3v) is 6.59. The lowest BCUT2D eigenvalue weighted by Gasteiger charge is -2.22. The van der Waals surface area contributed by atoms with Gasteiger partial charge in [0.1, 0.15) is 5.82 Å². The van der Waals surface area contributed by atoms with E-state index in [1.807, 2.05) is 42.5 Å². The Morgan fingerprint density at radius 3 is 2.61 bits per heavy atom. The van der Waals surface area contributed by atoms with E-state index < -0.39 is 0 Å². The Hall–Kier alpha value is -4.30. The van der Waals surface area contributed by atoms with E-state index in [0.717, 1.165) is 24.9 Å². The molecule has 3 aromatic carbocycles. The van der Waals surface area contributed by atoms with Gasteiger partial charge in [-0.25, -0.2) is 4.98 Å². The topological polar surface area (TPSA) is 110 Å². The Labute approximate surface area is 208 Å². The van der Waals surface area contributed by atoms with Crippen molar-refractivity contribution in [3.05, 3.63) is 100 Å². The van der Waals surface area contributed by atoms with Crippen LogP contribution in [0.3, 0.4) is 0 Å². The number of nitrogens with two attached hydrogens (primary N) is 1. The Balaban J connectivity index is 1.32. The summed E-state index contributed by atoms with van der Waals surface area (Å²) in [5.74, 6) is 0.0252. The average Bonchev–Trinajstić information content (AvgIpc) is 3.33. The van der Waals surface area contributed by atoms with E-state index in [9.17, 15) is 14.4 Å². The van der Waals surface area contributed by atoms with Gasteiger partial charge in [-0.1, -0.05) is 24.3 Å². The van der Waals surface area contributed by atoms with Crippen molar-refractivity contribution in [3.63, 3.8) is 0 Å². The largest absolute Gasteiger partial charge is 0.368 e. The molecule has 36 heavy (non-hydrogen) atoms. The number of para-hydroxylation sites is 1. The van der Waals surface area contributed by atoms with Gasteiger partial charge in [0.15, 0.2) is 0 Å². The number of hydrogen-bond donors (Lipinski definition) is 2. The maximum Gasteiger partial charge on any atom is 0.265 e. The van der Waals surface area contributed by atoms with Crippen LogP contribution in [0.4, 0.5) is 5.69 Å². The SMILES string of the molecule is Cc1nc2ccccc2c(=O)n1-c1ccc(C(=O)Nc2cccc(CN3CCCC3C(N)=O)c2)cc1. The highest BCUT2D eigenvalue weighted by molar-refractivity contribution is 6.04. The molecular formula is C28H27N5O3. The summed E-state index contributed by atoms with van der Waals surface area (Å²) in [5.41, 5.74) is 8.81. The van der Waals surface area contributed by atoms with Gasteiger partial charge in [-0.15, -0.1) is 0 Å². The highest BCUT2D eigenvalue weighted by atomic mass is 16.2. The number of aromatic nitrogens is 2. The molecule has 0 radical (unpaired) electrons. The smallest absolute Gasteiger partial charge is 0.265 e. The molecule has 1 aliphatic rings. The van der Waals surface area contributed by atoms with Crippen molar-refractivity contribution in [2.24, 2.45) is 5.73 Å². The predicted molar refractivity (Wildman–Crippen MR) is 139 cm³/mol. The van der Waals surface area contributed by atoms with Crippen molar-refractivity contribution in [1.29, 1.82) is 0 Å². The molecule has 3 N–H and O–H groups in total. The second kappa shape index (κ2) is 9.75. The lowest BCUT2D eigenvalue weighted by molar-refractivity contribution is -0.122. The summed E-state index contributed by atoms with van der Waals surface area (Å²) in [6.07, 6.45) is 1.73. The van der Waals surface area contributed by atoms with Crippen LogP contribution in [-0.2, 0) is 11.3 Å². The fourth-order valence-corrected chi connectivity index (χ4v) is 4.83. The lowest BCUT2D eigenvalue weighted by Crippen LogP contribution is -2.39. The summed E-state index contributed by atoms with van der Waals surface area (Å²) < 4.78 is 1.55. The lowest BCUT2D eigenvalue weighted by atomic mass is 10.1. The van der Waals surface area contributed by atoms with E-state index in [-0.39, 0.29) is 23.4 Å². The first-order valence-electron chi connectivity index (χ1n) is 11.9. The quantitative estimate of drug-likeness (QED) is 0.439. The fraction of sp³-hybridized carbons (Fsp3) is 0.214. The van der Waals surface area contributed by atoms with Crippen molar-refractivity contribution in [2.45, 2.75) is 32.4 Å². The van der Waals surface area contributed by atoms with Crippen LogP contribution < -0.4 is 16.6 Å². The molecule has 2 amide bonds. The van der Waals surface area contributed by atoms with Gasteiger partial charge in [0.05, 0.1) is 22.6 Å². The molecule has 8 nitrogen and oxygen atoms in total. The normalized spacial score (nSPS) is 15.8. The number of benzene rings is 3. The second-order valence-electron chi connectivity index (χ2n) is 9.05. The number of carbonyl (C=O) groups excluding carboxylic acids is 2. The van der Waals surface area contributed by atoms with E-state index in [1.165, 1.54) is 0 Å². The molecule has 1 fully saturated rings. The van der Waals surface area contributed by atoms with Crippen molar-refractivity contribution in [1.82, 2.24) is 14.5 Å². The van der Waals surface area contributed by atoms with Gasteiger partial charge in [-0.3, -0.25) is 23.9 Å². The molecule has 4 aromatic rings. The molecule has 1 unspecified atom stereocenters. The number of carbonyl (C=O) groups is 2. The number of nitrogens with zero attached hydrogens (tertiary/aromatic N) is 3. The highest BCUT2D eigenvalue weighted by Gasteiger charge is 2.28. The van der Waals surface area contributed by atoms with Crippen LogP contribution in [0.5, 0.6) is 0 Å². The fourth-order valence-electron chi connectivity index (χ4n) is 4.83. The number of fused-ring (bicyclic) bond motifs is 1. The Bertz CT molecular complexity index is 1510. The molecule has 1 saturated heterocycles. The van der Waals surface area contributed by atoms with Crippen molar-refractivity contribution < 1.29 is 9.59 Å². The molecule has 182 valence electrons. The molecule has 0 aliphatic carbocycles. The van der Waals surface area contributed by atoms with Crippen LogP contribution in [0.1, 0.15) is 34.6 Å². The van der Waals surface area contributed by atoms with Crippen molar-refractivity contribution in [3.8, 4) is 5.69 Å². The van der Waals surface area contributed by atoms with E-state index >= 15 is 0 Å². The molecular weight excluding hydrogens is 454 g/mol. The first-order chi connectivity index (χ1) is 17.4. The number of nitrogens with one attached hydrogen (secondary N) is 1. The van der Waals surface area contributed by atoms with E-state index in [0.29, 0.717) is 40.2 Å². The molecule has 0 bridgehead atoms. The van der Waals surface area contributed by atoms with Gasteiger partial charge < -0.3 is 11.1 Å². The molecule has 2 heterocycles. The van der Waals surface area contributed by atoms with Crippen LogP contribution in [0.2, 0.25) is 0 Å². The van der Waals surface area contributed by atoms with Crippen LogP contribution >= 0.6 is 0 Å². The van der Waals surface area contributed by atoms with Crippen LogP contribution in [0.25, 0.3) is 16.6 Å². The minimum atomic E-state index is -0.294. The molecule has 1 aromatic heterocycles. The van der Waals surface area contributed by atoms with E-state index in [4.69, 9.17) is 5.73 Å². The van der Waals surface area contributed by atoms with Crippen LogP contribution in [0.15, 0.2) is 77.6 Å². The number of likely N-dealkylation sites (tertiary alicyclic amines) is 1. The standard InChI is InChI=1S/C28H27N5O3/c1-18-30-24-9-3-2-8-23(24)28(36)33(18)22-13-11-20(12-14-22)27(35)31-21-7-4-6-19(16-21)17-32-15-5-10-25(32)26(29)34/h2-4,6-9,11-14,16,25H,5,10,15,17H2,1H3,(H2,29,34)(H,31,35). The number of rotatable bonds is 6. The molecule has 8 heteroatoms. The minimum Gasteiger partial charge on any atom is -0.368 e.